The van der Waals surface area contributed by atoms with Gasteiger partial charge in [0.05, 0.1) is 30.9 Å². The molecule has 32 heavy (non-hydrogen) atoms. The largest absolute Gasteiger partial charge is 0.497 e. The maximum absolute atomic E-state index is 12.6. The normalized spacial score (nSPS) is 17.5. The van der Waals surface area contributed by atoms with Crippen molar-refractivity contribution < 1.29 is 19.1 Å². The Bertz CT molecular complexity index is 1020. The van der Waals surface area contributed by atoms with Gasteiger partial charge in [-0.3, -0.25) is 14.5 Å². The number of hydrogen-bond acceptors (Lipinski definition) is 6. The maximum atomic E-state index is 12.6. The highest BCUT2D eigenvalue weighted by molar-refractivity contribution is 8.04. The average Bonchev–Trinajstić information content (AvgIpc) is 2.82. The van der Waals surface area contributed by atoms with Crippen molar-refractivity contribution in [3.05, 3.63) is 58.5 Å². The topological polar surface area (TPSA) is 79.9 Å². The summed E-state index contributed by atoms with van der Waals surface area (Å²) < 4.78 is 10.6. The van der Waals surface area contributed by atoms with Gasteiger partial charge in [-0.05, 0) is 54.9 Å². The highest BCUT2D eigenvalue weighted by Gasteiger charge is 2.22. The zero-order valence-corrected chi connectivity index (χ0v) is 18.9. The number of morpholine rings is 1. The third-order valence-electron chi connectivity index (χ3n) is 5.37. The number of methoxy groups -OCH3 is 1. The summed E-state index contributed by atoms with van der Waals surface area (Å²) in [5.74, 6) is 0.418. The summed E-state index contributed by atoms with van der Waals surface area (Å²) in [6, 6.07) is 13.0. The van der Waals surface area contributed by atoms with Crippen molar-refractivity contribution in [2.75, 3.05) is 51.8 Å². The van der Waals surface area contributed by atoms with E-state index < -0.39 is 0 Å². The SMILES string of the molecule is COc1cccc(/C=C2/Sc3ccc(C(=O)NCCCN4CCOCC4)cc3NC2=O)c1. The molecule has 2 heterocycles. The lowest BCUT2D eigenvalue weighted by atomic mass is 10.1. The maximum Gasteiger partial charge on any atom is 0.262 e. The number of fused-ring (bicyclic) bond motifs is 1. The van der Waals surface area contributed by atoms with Crippen LogP contribution in [0.1, 0.15) is 22.3 Å². The molecule has 2 N–H and O–H groups in total. The number of benzene rings is 2. The summed E-state index contributed by atoms with van der Waals surface area (Å²) in [7, 11) is 1.61. The highest BCUT2D eigenvalue weighted by atomic mass is 32.2. The zero-order chi connectivity index (χ0) is 22.3. The Morgan fingerprint density at radius 1 is 1.25 bits per heavy atom. The Balaban J connectivity index is 1.35. The van der Waals surface area contributed by atoms with Gasteiger partial charge in [0.2, 0.25) is 0 Å². The van der Waals surface area contributed by atoms with Gasteiger partial charge in [0, 0.05) is 30.1 Å². The average molecular weight is 454 g/mol. The molecule has 2 aromatic rings. The summed E-state index contributed by atoms with van der Waals surface area (Å²) in [6.07, 6.45) is 2.72. The molecule has 2 aliphatic rings. The van der Waals surface area contributed by atoms with Crippen LogP contribution in [0.2, 0.25) is 0 Å². The number of carbonyl (C=O) groups excluding carboxylic acids is 2. The van der Waals surface area contributed by atoms with Crippen LogP contribution >= 0.6 is 11.8 Å². The van der Waals surface area contributed by atoms with Crippen LogP contribution in [-0.4, -0.2) is 63.2 Å². The van der Waals surface area contributed by atoms with E-state index in [9.17, 15) is 9.59 Å². The Hall–Kier alpha value is -2.81. The first-order valence-corrected chi connectivity index (χ1v) is 11.5. The number of carbonyl (C=O) groups is 2. The second kappa shape index (κ2) is 10.7. The molecule has 0 unspecified atom stereocenters. The van der Waals surface area contributed by atoms with E-state index in [0.29, 0.717) is 22.7 Å². The van der Waals surface area contributed by atoms with Gasteiger partial charge in [0.25, 0.3) is 11.8 Å². The second-order valence-electron chi connectivity index (χ2n) is 7.62. The van der Waals surface area contributed by atoms with Crippen molar-refractivity contribution >= 4 is 35.3 Å². The number of nitrogens with one attached hydrogen (secondary N) is 2. The zero-order valence-electron chi connectivity index (χ0n) is 18.1. The van der Waals surface area contributed by atoms with Gasteiger partial charge in [-0.25, -0.2) is 0 Å². The van der Waals surface area contributed by atoms with E-state index in [2.05, 4.69) is 15.5 Å². The van der Waals surface area contributed by atoms with Gasteiger partial charge in [-0.2, -0.15) is 0 Å². The molecule has 0 saturated carbocycles. The molecule has 1 fully saturated rings. The van der Waals surface area contributed by atoms with Gasteiger partial charge in [0.1, 0.15) is 5.75 Å². The van der Waals surface area contributed by atoms with E-state index in [1.54, 1.807) is 19.2 Å². The third-order valence-corrected chi connectivity index (χ3v) is 6.46. The van der Waals surface area contributed by atoms with E-state index in [0.717, 1.165) is 55.5 Å². The molecule has 0 bridgehead atoms. The predicted molar refractivity (Wildman–Crippen MR) is 126 cm³/mol. The smallest absolute Gasteiger partial charge is 0.262 e. The lowest BCUT2D eigenvalue weighted by Crippen LogP contribution is -2.38. The van der Waals surface area contributed by atoms with Crippen LogP contribution in [-0.2, 0) is 9.53 Å². The van der Waals surface area contributed by atoms with Gasteiger partial charge in [-0.15, -0.1) is 0 Å². The van der Waals surface area contributed by atoms with Crippen LogP contribution in [0.3, 0.4) is 0 Å². The van der Waals surface area contributed by atoms with Gasteiger partial charge in [0.15, 0.2) is 0 Å². The second-order valence-corrected chi connectivity index (χ2v) is 8.70. The van der Waals surface area contributed by atoms with Crippen molar-refractivity contribution in [2.45, 2.75) is 11.3 Å². The Labute approximate surface area is 192 Å². The molecular formula is C24H27N3O4S. The minimum atomic E-state index is -0.187. The summed E-state index contributed by atoms with van der Waals surface area (Å²) in [4.78, 5) is 29.0. The van der Waals surface area contributed by atoms with Crippen LogP contribution in [0.15, 0.2) is 52.3 Å². The molecule has 2 aliphatic heterocycles. The van der Waals surface area contributed by atoms with Gasteiger partial charge >= 0.3 is 0 Å². The highest BCUT2D eigenvalue weighted by Crippen LogP contribution is 2.39. The van der Waals surface area contributed by atoms with E-state index in [-0.39, 0.29) is 11.8 Å². The molecule has 8 heteroatoms. The molecule has 2 amide bonds. The van der Waals surface area contributed by atoms with Crippen molar-refractivity contribution in [3.8, 4) is 5.75 Å². The number of thioether (sulfide) groups is 1. The van der Waals surface area contributed by atoms with Crippen molar-refractivity contribution in [1.82, 2.24) is 10.2 Å². The number of amides is 2. The first-order chi connectivity index (χ1) is 15.6. The van der Waals surface area contributed by atoms with Crippen LogP contribution in [0.5, 0.6) is 5.75 Å². The molecular weight excluding hydrogens is 426 g/mol. The molecule has 1 saturated heterocycles. The van der Waals surface area contributed by atoms with Crippen LogP contribution in [0.25, 0.3) is 6.08 Å². The minimum Gasteiger partial charge on any atom is -0.497 e. The van der Waals surface area contributed by atoms with Gasteiger partial charge in [-0.1, -0.05) is 23.9 Å². The van der Waals surface area contributed by atoms with Crippen LogP contribution in [0, 0.1) is 0 Å². The monoisotopic (exact) mass is 453 g/mol. The quantitative estimate of drug-likeness (QED) is 0.495. The lowest BCUT2D eigenvalue weighted by Gasteiger charge is -2.26. The number of hydrogen-bond donors (Lipinski definition) is 2. The Morgan fingerprint density at radius 3 is 2.91 bits per heavy atom. The minimum absolute atomic E-state index is 0.133. The summed E-state index contributed by atoms with van der Waals surface area (Å²) in [5.41, 5.74) is 2.08. The molecule has 0 radical (unpaired) electrons. The summed E-state index contributed by atoms with van der Waals surface area (Å²) in [6.45, 7) is 5.02. The van der Waals surface area contributed by atoms with E-state index in [1.807, 2.05) is 36.4 Å². The van der Waals surface area contributed by atoms with Gasteiger partial charge < -0.3 is 20.1 Å². The lowest BCUT2D eigenvalue weighted by molar-refractivity contribution is -0.112. The molecule has 0 spiro atoms. The predicted octanol–water partition coefficient (Wildman–Crippen LogP) is 3.23. The number of anilines is 1. The molecule has 7 nitrogen and oxygen atoms in total. The fourth-order valence-corrected chi connectivity index (χ4v) is 4.55. The standard InChI is InChI=1S/C24H27N3O4S/c1-30-19-5-2-4-17(14-19)15-22-24(29)26-20-16-18(6-7-21(20)32-22)23(28)25-8-3-9-27-10-12-31-13-11-27/h2,4-7,14-16H,3,8-13H2,1H3,(H,25,28)(H,26,29)/b22-15+. The van der Waals surface area contributed by atoms with Crippen LogP contribution < -0.4 is 15.4 Å². The summed E-state index contributed by atoms with van der Waals surface area (Å²) in [5, 5.41) is 5.88. The van der Waals surface area contributed by atoms with Crippen molar-refractivity contribution in [2.24, 2.45) is 0 Å². The molecule has 2 aromatic carbocycles. The molecule has 168 valence electrons. The number of nitrogens with zero attached hydrogens (tertiary/aromatic N) is 1. The molecule has 0 aromatic heterocycles. The fraction of sp³-hybridized carbons (Fsp3) is 0.333. The summed E-state index contributed by atoms with van der Waals surface area (Å²) >= 11 is 1.39. The van der Waals surface area contributed by atoms with E-state index in [1.165, 1.54) is 11.8 Å². The van der Waals surface area contributed by atoms with Crippen LogP contribution in [0.4, 0.5) is 5.69 Å². The first kappa shape index (κ1) is 22.4. The molecule has 0 atom stereocenters. The Kier molecular flexibility index (Phi) is 7.47. The Morgan fingerprint density at radius 2 is 2.09 bits per heavy atom. The molecule has 4 rings (SSSR count). The fourth-order valence-electron chi connectivity index (χ4n) is 3.62. The third kappa shape index (κ3) is 5.70. The number of ether oxygens (including phenoxy) is 2. The number of rotatable bonds is 7. The van der Waals surface area contributed by atoms with Crippen molar-refractivity contribution in [1.29, 1.82) is 0 Å². The van der Waals surface area contributed by atoms with E-state index >= 15 is 0 Å². The first-order valence-electron chi connectivity index (χ1n) is 10.7. The van der Waals surface area contributed by atoms with Crippen molar-refractivity contribution in [3.63, 3.8) is 0 Å². The molecule has 0 aliphatic carbocycles. The van der Waals surface area contributed by atoms with E-state index in [4.69, 9.17) is 9.47 Å².